The maximum atomic E-state index is 14.2. The van der Waals surface area contributed by atoms with Crippen molar-refractivity contribution in [2.45, 2.75) is 6.92 Å². The summed E-state index contributed by atoms with van der Waals surface area (Å²) in [6, 6.07) is 14.6. The van der Waals surface area contributed by atoms with Crippen molar-refractivity contribution in [2.24, 2.45) is 0 Å². The van der Waals surface area contributed by atoms with Gasteiger partial charge in [0.15, 0.2) is 11.6 Å². The highest BCUT2D eigenvalue weighted by atomic mass is 19.1. The van der Waals surface area contributed by atoms with E-state index in [-0.39, 0.29) is 5.75 Å². The summed E-state index contributed by atoms with van der Waals surface area (Å²) < 4.78 is 29.9. The summed E-state index contributed by atoms with van der Waals surface area (Å²) in [6.45, 7) is 8.39. The van der Waals surface area contributed by atoms with Crippen LogP contribution in [-0.2, 0) is 9.59 Å². The van der Waals surface area contributed by atoms with Crippen LogP contribution in [0.5, 0.6) is 11.5 Å². The lowest BCUT2D eigenvalue weighted by molar-refractivity contribution is -0.130. The Labute approximate surface area is 178 Å². The Balaban J connectivity index is 1.68. The van der Waals surface area contributed by atoms with E-state index in [0.717, 1.165) is 11.6 Å². The van der Waals surface area contributed by atoms with Crippen LogP contribution in [-0.4, -0.2) is 11.9 Å². The summed E-state index contributed by atoms with van der Waals surface area (Å²) in [5, 5.41) is 0. The third-order valence-electron chi connectivity index (χ3n) is 4.10. The minimum absolute atomic E-state index is 0.183. The minimum Gasteiger partial charge on any atom is -0.457 e. The molecule has 3 rings (SSSR count). The van der Waals surface area contributed by atoms with Crippen molar-refractivity contribution in [2.75, 3.05) is 0 Å². The third-order valence-corrected chi connectivity index (χ3v) is 4.10. The summed E-state index contributed by atoms with van der Waals surface area (Å²) in [7, 11) is 0. The number of ether oxygens (including phenoxy) is 2. The van der Waals surface area contributed by atoms with E-state index >= 15 is 0 Å². The van der Waals surface area contributed by atoms with Crippen molar-refractivity contribution in [3.8, 4) is 22.8 Å². The Hall–Kier alpha value is -4.19. The molecule has 1 heterocycles. The van der Waals surface area contributed by atoms with Gasteiger partial charge < -0.3 is 13.9 Å². The van der Waals surface area contributed by atoms with E-state index in [9.17, 15) is 14.0 Å². The second-order valence-corrected chi connectivity index (χ2v) is 6.54. The summed E-state index contributed by atoms with van der Waals surface area (Å²) in [5.74, 6) is -0.632. The van der Waals surface area contributed by atoms with Crippen LogP contribution < -0.4 is 9.47 Å². The van der Waals surface area contributed by atoms with Crippen LogP contribution in [0.3, 0.4) is 0 Å². The molecule has 0 fully saturated rings. The average Bonchev–Trinajstić information content (AvgIpc) is 3.23. The average molecular weight is 418 g/mol. The number of hydrogen-bond donors (Lipinski definition) is 0. The van der Waals surface area contributed by atoms with E-state index in [1.165, 1.54) is 12.1 Å². The molecule has 0 unspecified atom stereocenters. The molecule has 0 saturated carbocycles. The summed E-state index contributed by atoms with van der Waals surface area (Å²) in [4.78, 5) is 22.7. The van der Waals surface area contributed by atoms with Gasteiger partial charge in [-0.15, -0.1) is 0 Å². The SMILES string of the molecule is C=CC(=O)Oc1ccc(-c2ccc(C=Cc3ccc(OC(=O)C(=C)C)cc3)o2)cc1F. The van der Waals surface area contributed by atoms with Crippen molar-refractivity contribution in [3.05, 3.63) is 96.5 Å². The number of halogens is 1. The highest BCUT2D eigenvalue weighted by Gasteiger charge is 2.11. The standard InChI is InChI=1S/C25H19FO5/c1-4-24(27)31-23-13-8-18(15-21(23)26)22-14-12-19(29-22)9-5-17-6-10-20(11-7-17)30-25(28)16(2)3/h4-15H,1-2H2,3H3. The monoisotopic (exact) mass is 418 g/mol. The van der Waals surface area contributed by atoms with Crippen LogP contribution in [0, 0.1) is 5.82 Å². The van der Waals surface area contributed by atoms with Gasteiger partial charge in [0.2, 0.25) is 0 Å². The van der Waals surface area contributed by atoms with E-state index in [1.54, 1.807) is 55.5 Å². The molecule has 3 aromatic rings. The van der Waals surface area contributed by atoms with Gasteiger partial charge >= 0.3 is 11.9 Å². The normalized spacial score (nSPS) is 10.6. The molecule has 0 bridgehead atoms. The predicted octanol–water partition coefficient (Wildman–Crippen LogP) is 5.83. The Morgan fingerprint density at radius 1 is 1.00 bits per heavy atom. The number of furan rings is 1. The molecule has 5 nitrogen and oxygen atoms in total. The Bertz CT molecular complexity index is 1170. The first-order valence-corrected chi connectivity index (χ1v) is 9.25. The van der Waals surface area contributed by atoms with Crippen LogP contribution in [0.15, 0.2) is 83.8 Å². The molecule has 0 saturated heterocycles. The molecule has 0 aliphatic carbocycles. The van der Waals surface area contributed by atoms with Gasteiger partial charge in [0.05, 0.1) is 0 Å². The van der Waals surface area contributed by atoms with Gasteiger partial charge in [0, 0.05) is 17.2 Å². The molecule has 0 aliphatic rings. The first kappa shape index (κ1) is 21.5. The number of esters is 2. The lowest BCUT2D eigenvalue weighted by Crippen LogP contribution is -2.07. The lowest BCUT2D eigenvalue weighted by Gasteiger charge is -2.04. The molecular formula is C25H19FO5. The van der Waals surface area contributed by atoms with Gasteiger partial charge in [-0.25, -0.2) is 14.0 Å². The van der Waals surface area contributed by atoms with Crippen molar-refractivity contribution in [1.29, 1.82) is 0 Å². The molecule has 0 atom stereocenters. The van der Waals surface area contributed by atoms with Gasteiger partial charge in [-0.2, -0.15) is 0 Å². The summed E-state index contributed by atoms with van der Waals surface area (Å²) in [6.07, 6.45) is 4.54. The van der Waals surface area contributed by atoms with Crippen molar-refractivity contribution in [1.82, 2.24) is 0 Å². The zero-order valence-electron chi connectivity index (χ0n) is 16.8. The van der Waals surface area contributed by atoms with Crippen molar-refractivity contribution in [3.63, 3.8) is 0 Å². The van der Waals surface area contributed by atoms with Crippen molar-refractivity contribution < 1.29 is 27.9 Å². The molecule has 31 heavy (non-hydrogen) atoms. The fourth-order valence-corrected chi connectivity index (χ4v) is 2.50. The molecule has 6 heteroatoms. The van der Waals surface area contributed by atoms with Gasteiger partial charge in [0.25, 0.3) is 0 Å². The van der Waals surface area contributed by atoms with Gasteiger partial charge in [0.1, 0.15) is 17.3 Å². The molecule has 0 N–H and O–H groups in total. The Morgan fingerprint density at radius 2 is 1.74 bits per heavy atom. The molecule has 1 aromatic heterocycles. The molecule has 0 radical (unpaired) electrons. The second kappa shape index (κ2) is 9.54. The molecular weight excluding hydrogens is 399 g/mol. The number of carbonyl (C=O) groups excluding carboxylic acids is 2. The fourth-order valence-electron chi connectivity index (χ4n) is 2.50. The van der Waals surface area contributed by atoms with E-state index in [1.807, 2.05) is 6.08 Å². The van der Waals surface area contributed by atoms with E-state index in [2.05, 4.69) is 13.2 Å². The highest BCUT2D eigenvalue weighted by molar-refractivity contribution is 5.88. The van der Waals surface area contributed by atoms with E-state index in [4.69, 9.17) is 13.9 Å². The fraction of sp³-hybridized carbons (Fsp3) is 0.0400. The van der Waals surface area contributed by atoms with E-state index < -0.39 is 17.8 Å². The van der Waals surface area contributed by atoms with Crippen LogP contribution >= 0.6 is 0 Å². The smallest absolute Gasteiger partial charge is 0.338 e. The minimum atomic E-state index is -0.737. The Morgan fingerprint density at radius 3 is 2.39 bits per heavy atom. The molecule has 2 aromatic carbocycles. The van der Waals surface area contributed by atoms with Gasteiger partial charge in [-0.1, -0.05) is 31.4 Å². The number of carbonyl (C=O) groups is 2. The van der Waals surface area contributed by atoms with Crippen LogP contribution in [0.1, 0.15) is 18.2 Å². The van der Waals surface area contributed by atoms with Gasteiger partial charge in [-0.05, 0) is 61.0 Å². The van der Waals surface area contributed by atoms with Gasteiger partial charge in [-0.3, -0.25) is 0 Å². The summed E-state index contributed by atoms with van der Waals surface area (Å²) >= 11 is 0. The first-order valence-electron chi connectivity index (χ1n) is 9.25. The van der Waals surface area contributed by atoms with Crippen LogP contribution in [0.2, 0.25) is 0 Å². The molecule has 156 valence electrons. The lowest BCUT2D eigenvalue weighted by atomic mass is 10.1. The largest absolute Gasteiger partial charge is 0.457 e. The number of rotatable bonds is 7. The number of benzene rings is 2. The number of hydrogen-bond acceptors (Lipinski definition) is 5. The molecule has 0 amide bonds. The zero-order chi connectivity index (χ0) is 22.4. The van der Waals surface area contributed by atoms with E-state index in [0.29, 0.717) is 28.4 Å². The topological polar surface area (TPSA) is 65.7 Å². The summed E-state index contributed by atoms with van der Waals surface area (Å²) in [5.41, 5.74) is 1.69. The van der Waals surface area contributed by atoms with Crippen LogP contribution in [0.4, 0.5) is 4.39 Å². The van der Waals surface area contributed by atoms with Crippen LogP contribution in [0.25, 0.3) is 23.5 Å². The zero-order valence-corrected chi connectivity index (χ0v) is 16.8. The molecule has 0 spiro atoms. The second-order valence-electron chi connectivity index (χ2n) is 6.54. The third kappa shape index (κ3) is 5.67. The quantitative estimate of drug-likeness (QED) is 0.274. The maximum absolute atomic E-state index is 14.2. The molecule has 0 aliphatic heterocycles. The predicted molar refractivity (Wildman–Crippen MR) is 116 cm³/mol. The first-order chi connectivity index (χ1) is 14.9. The van der Waals surface area contributed by atoms with Crippen molar-refractivity contribution >= 4 is 24.1 Å². The maximum Gasteiger partial charge on any atom is 0.338 e. The Kier molecular flexibility index (Phi) is 6.62. The highest BCUT2D eigenvalue weighted by Crippen LogP contribution is 2.28.